The van der Waals surface area contributed by atoms with Gasteiger partial charge in [-0.2, -0.15) is 0 Å². The van der Waals surface area contributed by atoms with Gasteiger partial charge in [-0.25, -0.2) is 9.98 Å². The van der Waals surface area contributed by atoms with Gasteiger partial charge in [0.2, 0.25) is 5.96 Å². The van der Waals surface area contributed by atoms with Crippen LogP contribution >= 0.6 is 34.3 Å². The summed E-state index contributed by atoms with van der Waals surface area (Å²) in [7, 11) is 0. The molecule has 0 spiro atoms. The molecule has 1 unspecified atom stereocenters. The number of thiazole rings is 1. The molecule has 3 rings (SSSR count). The lowest BCUT2D eigenvalue weighted by Gasteiger charge is -2.08. The number of nitrogens with zero attached hydrogens (tertiary/aromatic N) is 2. The first-order valence-corrected chi connectivity index (χ1v) is 8.28. The highest BCUT2D eigenvalue weighted by Crippen LogP contribution is 2.32. The second kappa shape index (κ2) is 6.00. The summed E-state index contributed by atoms with van der Waals surface area (Å²) in [4.78, 5) is 21.4. The van der Waals surface area contributed by atoms with Crippen LogP contribution in [0.25, 0.3) is 9.88 Å². The van der Waals surface area contributed by atoms with E-state index in [-0.39, 0.29) is 11.9 Å². The van der Waals surface area contributed by atoms with Crippen molar-refractivity contribution in [2.45, 2.75) is 13.0 Å². The van der Waals surface area contributed by atoms with Crippen LogP contribution in [0.5, 0.6) is 0 Å². The van der Waals surface area contributed by atoms with Gasteiger partial charge < -0.3 is 5.32 Å². The Balaban J connectivity index is 1.62. The average Bonchev–Trinajstić information content (AvgIpc) is 3.16. The Labute approximate surface area is 134 Å². The van der Waals surface area contributed by atoms with E-state index in [0.717, 1.165) is 9.88 Å². The topological polar surface area (TPSA) is 78.4 Å². The number of guanidine groups is 1. The second-order valence-corrected chi connectivity index (χ2v) is 7.03. The molecular weight excluding hydrogens is 330 g/mol. The standard InChI is InChI=1S/C12H12ClN5OS2/c1-6-4-14-12(15-6)18-17-10(19)7-5-20-11(16-7)8-2-3-9(13)21-8/h2-3,5-6H,4H2,1H3,(H,17,19)(H2,14,15,18). The first kappa shape index (κ1) is 14.3. The fourth-order valence-corrected chi connectivity index (χ4v) is 3.64. The predicted molar refractivity (Wildman–Crippen MR) is 85.9 cm³/mol. The molecule has 1 aliphatic rings. The van der Waals surface area contributed by atoms with Crippen molar-refractivity contribution < 1.29 is 4.79 Å². The molecule has 0 saturated heterocycles. The first-order valence-electron chi connectivity index (χ1n) is 6.20. The highest BCUT2D eigenvalue weighted by atomic mass is 35.5. The van der Waals surface area contributed by atoms with Gasteiger partial charge >= 0.3 is 0 Å². The monoisotopic (exact) mass is 341 g/mol. The zero-order valence-electron chi connectivity index (χ0n) is 11.0. The van der Waals surface area contributed by atoms with Crippen molar-refractivity contribution in [3.8, 4) is 9.88 Å². The summed E-state index contributed by atoms with van der Waals surface area (Å²) in [5.74, 6) is 0.264. The van der Waals surface area contributed by atoms with E-state index >= 15 is 0 Å². The first-order chi connectivity index (χ1) is 10.1. The molecular formula is C12H12ClN5OS2. The fourth-order valence-electron chi connectivity index (χ4n) is 1.73. The quantitative estimate of drug-likeness (QED) is 0.731. The number of aliphatic imine (C=N–C) groups is 1. The Kier molecular flexibility index (Phi) is 4.09. The van der Waals surface area contributed by atoms with E-state index in [4.69, 9.17) is 11.6 Å². The highest BCUT2D eigenvalue weighted by molar-refractivity contribution is 7.23. The maximum Gasteiger partial charge on any atom is 0.289 e. The van der Waals surface area contributed by atoms with Crippen molar-refractivity contribution >= 4 is 46.1 Å². The number of nitrogens with one attached hydrogen (secondary N) is 3. The van der Waals surface area contributed by atoms with Gasteiger partial charge in [-0.1, -0.05) is 11.6 Å². The van der Waals surface area contributed by atoms with Gasteiger partial charge in [0.15, 0.2) is 0 Å². The van der Waals surface area contributed by atoms with Gasteiger partial charge in [0.1, 0.15) is 10.7 Å². The van der Waals surface area contributed by atoms with Crippen LogP contribution in [0.15, 0.2) is 22.5 Å². The highest BCUT2D eigenvalue weighted by Gasteiger charge is 2.15. The zero-order chi connectivity index (χ0) is 14.8. The van der Waals surface area contributed by atoms with E-state index in [1.165, 1.54) is 22.7 Å². The Morgan fingerprint density at radius 3 is 3.05 bits per heavy atom. The summed E-state index contributed by atoms with van der Waals surface area (Å²) >= 11 is 8.75. The molecule has 0 aliphatic carbocycles. The molecule has 1 atom stereocenters. The van der Waals surface area contributed by atoms with E-state index in [2.05, 4.69) is 26.1 Å². The molecule has 1 aliphatic heterocycles. The summed E-state index contributed by atoms with van der Waals surface area (Å²) < 4.78 is 0.701. The molecule has 6 nitrogen and oxygen atoms in total. The maximum atomic E-state index is 12.0. The number of amides is 1. The molecule has 0 fully saturated rings. The van der Waals surface area contributed by atoms with Gasteiger partial charge in [-0.05, 0) is 19.1 Å². The number of carbonyl (C=O) groups is 1. The Hall–Kier alpha value is -1.64. The molecule has 21 heavy (non-hydrogen) atoms. The summed E-state index contributed by atoms with van der Waals surface area (Å²) in [6.45, 7) is 2.71. The van der Waals surface area contributed by atoms with Gasteiger partial charge in [-0.15, -0.1) is 22.7 Å². The molecule has 3 N–H and O–H groups in total. The van der Waals surface area contributed by atoms with Crippen LogP contribution in [-0.2, 0) is 0 Å². The molecule has 0 radical (unpaired) electrons. The van der Waals surface area contributed by atoms with E-state index in [1.54, 1.807) is 5.38 Å². The zero-order valence-corrected chi connectivity index (χ0v) is 13.4. The SMILES string of the molecule is CC1CN=C(NNC(=O)c2csc(-c3ccc(Cl)s3)n2)N1. The largest absolute Gasteiger partial charge is 0.351 e. The number of halogens is 1. The van der Waals surface area contributed by atoms with Crippen LogP contribution in [0.3, 0.4) is 0 Å². The molecule has 0 aromatic carbocycles. The number of thiophene rings is 1. The Morgan fingerprint density at radius 1 is 1.52 bits per heavy atom. The lowest BCUT2D eigenvalue weighted by Crippen LogP contribution is -2.47. The van der Waals surface area contributed by atoms with E-state index in [1.807, 2.05) is 19.1 Å². The van der Waals surface area contributed by atoms with Crippen molar-refractivity contribution in [3.05, 3.63) is 27.5 Å². The van der Waals surface area contributed by atoms with Crippen LogP contribution in [0.1, 0.15) is 17.4 Å². The minimum Gasteiger partial charge on any atom is -0.351 e. The molecule has 3 heterocycles. The van der Waals surface area contributed by atoms with Crippen molar-refractivity contribution in [3.63, 3.8) is 0 Å². The Morgan fingerprint density at radius 2 is 2.38 bits per heavy atom. The van der Waals surface area contributed by atoms with Gasteiger partial charge in [0.25, 0.3) is 5.91 Å². The third-order valence-corrected chi connectivity index (χ3v) is 4.96. The number of hydrogen-bond acceptors (Lipinski definition) is 7. The number of rotatable bonds is 2. The van der Waals surface area contributed by atoms with Gasteiger partial charge in [-0.3, -0.25) is 15.6 Å². The minimum absolute atomic E-state index is 0.277. The van der Waals surface area contributed by atoms with Crippen molar-refractivity contribution in [1.29, 1.82) is 0 Å². The lowest BCUT2D eigenvalue weighted by atomic mass is 10.4. The number of aromatic nitrogens is 1. The normalized spacial score (nSPS) is 17.2. The summed E-state index contributed by atoms with van der Waals surface area (Å²) in [5.41, 5.74) is 5.68. The van der Waals surface area contributed by atoms with Crippen molar-refractivity contribution in [1.82, 2.24) is 21.2 Å². The predicted octanol–water partition coefficient (Wildman–Crippen LogP) is 2.11. The molecule has 1 amide bonds. The van der Waals surface area contributed by atoms with Gasteiger partial charge in [0, 0.05) is 11.4 Å². The molecule has 0 saturated carbocycles. The van der Waals surface area contributed by atoms with E-state index < -0.39 is 0 Å². The van der Waals surface area contributed by atoms with E-state index in [0.29, 0.717) is 22.5 Å². The van der Waals surface area contributed by atoms with E-state index in [9.17, 15) is 4.79 Å². The average molecular weight is 342 g/mol. The summed E-state index contributed by atoms with van der Waals surface area (Å²) in [6.07, 6.45) is 0. The number of hydrazine groups is 1. The molecule has 9 heteroatoms. The Bertz CT molecular complexity index is 695. The molecule has 0 bridgehead atoms. The van der Waals surface area contributed by atoms with Crippen LogP contribution in [0.2, 0.25) is 4.34 Å². The fraction of sp³-hybridized carbons (Fsp3) is 0.250. The van der Waals surface area contributed by atoms with Crippen molar-refractivity contribution in [2.75, 3.05) is 6.54 Å². The molecule has 2 aromatic rings. The number of carbonyl (C=O) groups excluding carboxylic acids is 1. The van der Waals surface area contributed by atoms with Crippen LogP contribution in [-0.4, -0.2) is 29.4 Å². The summed E-state index contributed by atoms with van der Waals surface area (Å²) in [6, 6.07) is 3.98. The number of hydrogen-bond donors (Lipinski definition) is 3. The van der Waals surface area contributed by atoms with Crippen LogP contribution in [0, 0.1) is 0 Å². The third-order valence-electron chi connectivity index (χ3n) is 2.72. The van der Waals surface area contributed by atoms with Crippen molar-refractivity contribution in [2.24, 2.45) is 4.99 Å². The van der Waals surface area contributed by atoms with Crippen LogP contribution in [0.4, 0.5) is 0 Å². The maximum absolute atomic E-state index is 12.0. The van der Waals surface area contributed by atoms with Crippen LogP contribution < -0.4 is 16.2 Å². The summed E-state index contributed by atoms with van der Waals surface area (Å²) in [5, 5.41) is 5.58. The molecule has 110 valence electrons. The third kappa shape index (κ3) is 3.34. The lowest BCUT2D eigenvalue weighted by molar-refractivity contribution is 0.0939. The minimum atomic E-state index is -0.302. The molecule has 2 aromatic heterocycles. The second-order valence-electron chi connectivity index (χ2n) is 4.46. The smallest absolute Gasteiger partial charge is 0.289 e. The van der Waals surface area contributed by atoms with Gasteiger partial charge in [0.05, 0.1) is 15.8 Å².